The van der Waals surface area contributed by atoms with Gasteiger partial charge in [-0.05, 0) is 72.2 Å². The normalized spacial score (nSPS) is 26.5. The maximum absolute atomic E-state index is 15.1. The van der Waals surface area contributed by atoms with Gasteiger partial charge in [0.05, 0.1) is 86.1 Å². The minimum absolute atomic E-state index is 0.0871. The number of aromatic hydroxyl groups is 1. The zero-order valence-electron chi connectivity index (χ0n) is 75.6. The average Bonchev–Trinajstić information content (AvgIpc) is 1.63. The Kier molecular flexibility index (Phi) is 37.5. The van der Waals surface area contributed by atoms with Crippen LogP contribution < -0.4 is 80.0 Å². The predicted molar refractivity (Wildman–Crippen MR) is 475 cm³/mol. The van der Waals surface area contributed by atoms with Crippen LogP contribution in [0.1, 0.15) is 125 Å². The number of thioether (sulfide) groups is 2. The van der Waals surface area contributed by atoms with E-state index in [4.69, 9.17) is 25.7 Å². The third-order valence-electron chi connectivity index (χ3n) is 24.2. The van der Waals surface area contributed by atoms with E-state index in [1.807, 2.05) is 0 Å². The molecule has 0 saturated carbocycles. The number of esters is 3. The van der Waals surface area contributed by atoms with Crippen LogP contribution in [0.3, 0.4) is 0 Å². The monoisotopic (exact) mass is 1930 g/mol. The van der Waals surface area contributed by atoms with Crippen LogP contribution in [0.15, 0.2) is 46.5 Å². The molecule has 10 rings (SSSR count). The van der Waals surface area contributed by atoms with E-state index in [0.29, 0.717) is 50.8 Å². The molecule has 4 aromatic rings. The number of phenols is 1. The van der Waals surface area contributed by atoms with Crippen molar-refractivity contribution in [1.82, 2.24) is 83.6 Å². The zero-order chi connectivity index (χ0) is 99.4. The van der Waals surface area contributed by atoms with E-state index in [-0.39, 0.29) is 47.3 Å². The second-order valence-corrected chi connectivity index (χ2v) is 36.3. The summed E-state index contributed by atoms with van der Waals surface area (Å²) in [4.78, 5) is 295. The van der Waals surface area contributed by atoms with E-state index in [1.54, 1.807) is 39.8 Å². The molecule has 47 nitrogen and oxygen atoms in total. The molecule has 6 aliphatic heterocycles. The number of aliphatic hydroxyl groups is 4. The van der Waals surface area contributed by atoms with Crippen molar-refractivity contribution in [2.75, 3.05) is 64.0 Å². The predicted octanol–water partition coefficient (Wildman–Crippen LogP) is -6.33. The van der Waals surface area contributed by atoms with Crippen LogP contribution in [-0.4, -0.2) is 318 Å². The van der Waals surface area contributed by atoms with Gasteiger partial charge in [0.2, 0.25) is 94.5 Å². The Morgan fingerprint density at radius 2 is 0.896 bits per heavy atom. The number of nitrogens with two attached hydrogens (primary N) is 2. The van der Waals surface area contributed by atoms with E-state index in [2.05, 4.69) is 73.8 Å². The summed E-state index contributed by atoms with van der Waals surface area (Å²) < 4.78 is 16.0. The standard InChI is InChI=1S/C46H61N9O16S.C40H55N9O13S/c1-7-20(2)39-44(67)49-15-37(62)50-32-19-72-45-29(28-13-27(70-23(5)57)8-9-30(28)52-45)10-25(41(64)48-16-38(63)53-39)11-34(60)40(21(3)35(71-24(6)58)18-69-22(4)56)54-43(66)33-12-26(59)17-55(33)46(68)31(14-36(47)61)51-42(32)65;1-4-17(2)33-38(61)43-12-31(56)44-26-16-63-39-23(22-9-20(51)5-6-24(22)46-39)7-19(35(58)42-13-32(57)47-33)8-28(53)34(18(3)29(54)15-50)48-37(60)27-10-21(52)14-49(27)40(62)25(11-30(41)55)45-36(26)59/h8-9,13,20-21,25-26,31-33,35,39-40,52,59H,7,10-12,14-19H2,1-6H3,(H2,47,61)(H,48,64)(H,49,67)(H,50,62)(H,51,65)(H,53,63)(H,54,66);5-6,9,17-19,21,25-27,29,33-34,46,50-52,54H,4,7-8,10-16H2,1-3H3,(H2,41,55)(H,42,58)(H,43,61)(H,44,56)(H,45,59)(H,47,57)(H,48,60)/t20-,21?,25?,26?,31?,32?,33-,35-,39-,40-;17-,18?,19?,21?,25?,26?,27-,29-,33-,34-/m00/s1. The number of nitrogens with one attached hydrogen (secondary N) is 14. The number of amides is 16. The molecule has 2 aromatic heterocycles. The van der Waals surface area contributed by atoms with Crippen molar-refractivity contribution in [3.63, 3.8) is 0 Å². The molecule has 20 atom stereocenters. The van der Waals surface area contributed by atoms with Crippen molar-refractivity contribution in [2.45, 2.75) is 221 Å². The fourth-order valence-corrected chi connectivity index (χ4v) is 18.7. The van der Waals surface area contributed by atoms with Gasteiger partial charge in [0, 0.05) is 117 Å². The minimum atomic E-state index is -1.79. The molecule has 16 amide bonds. The maximum atomic E-state index is 15.1. The molecule has 2 aromatic carbocycles. The molecule has 4 bridgehead atoms. The van der Waals surface area contributed by atoms with Crippen LogP contribution in [0.5, 0.6) is 11.5 Å². The lowest BCUT2D eigenvalue weighted by molar-refractivity contribution is -0.161. The van der Waals surface area contributed by atoms with Crippen LogP contribution >= 0.6 is 23.5 Å². The first kappa shape index (κ1) is 106. The number of H-pyrrole nitrogens is 2. The number of nitrogens with zero attached hydrogens (tertiary/aromatic N) is 2. The molecule has 2 fully saturated rings. The second kappa shape index (κ2) is 47.9. The highest BCUT2D eigenvalue weighted by Crippen LogP contribution is 2.39. The van der Waals surface area contributed by atoms with Gasteiger partial charge >= 0.3 is 17.9 Å². The maximum Gasteiger partial charge on any atom is 0.308 e. The summed E-state index contributed by atoms with van der Waals surface area (Å²) >= 11 is 1.92. The van der Waals surface area contributed by atoms with E-state index in [1.165, 1.54) is 45.0 Å². The van der Waals surface area contributed by atoms with Crippen molar-refractivity contribution in [1.29, 1.82) is 0 Å². The smallest absolute Gasteiger partial charge is 0.308 e. The van der Waals surface area contributed by atoms with Crippen molar-refractivity contribution in [2.24, 2.45) is 47.0 Å². The number of primary amides is 2. The molecule has 8 heterocycles. The minimum Gasteiger partial charge on any atom is -0.508 e. The summed E-state index contributed by atoms with van der Waals surface area (Å²) in [5, 5.41) is 84.4. The summed E-state index contributed by atoms with van der Waals surface area (Å²) in [6, 6.07) is -6.51. The summed E-state index contributed by atoms with van der Waals surface area (Å²) in [7, 11) is 0. The second-order valence-electron chi connectivity index (χ2n) is 34.3. The number of benzene rings is 2. The van der Waals surface area contributed by atoms with E-state index in [9.17, 15) is 121 Å². The number of carbonyl (C=O) groups excluding carboxylic acids is 21. The third-order valence-corrected chi connectivity index (χ3v) is 26.4. The number of ether oxygens (including phenoxy) is 3. The SMILES string of the molecule is CC[C@H](C)[C@@H]1NC(=O)CNC(=O)C2CC(=O)[C@H](C(C)[C@@H](O)CO)NC(=O)[C@@H]3CC(O)CN3C(=O)C(CC(N)=O)NC(=O)C(CSc3[nH]c4ccc(O)cc4c3C2)NC(=O)CNC1=O.CC[C@H](C)[C@@H]1NC(=O)CNC(=O)C2CC(=O)[C@H](C(C)[C@H](COC(C)=O)OC(C)=O)NC(=O)[C@@H]3CC(O)CN3C(=O)C(CC(N)=O)NC(=O)C(CSc3[nH]c4ccc(OC(C)=O)cc4c3C2)NC(=O)CNC1=O. The third kappa shape index (κ3) is 28.4. The van der Waals surface area contributed by atoms with E-state index in [0.717, 1.165) is 47.2 Å². The lowest BCUT2D eigenvalue weighted by atomic mass is 9.85. The molecule has 0 radical (unpaired) electrons. The Morgan fingerprint density at radius 3 is 1.30 bits per heavy atom. The van der Waals surface area contributed by atoms with Crippen LogP contribution in [0.25, 0.3) is 21.8 Å². The highest BCUT2D eigenvalue weighted by Gasteiger charge is 2.49. The van der Waals surface area contributed by atoms with Crippen molar-refractivity contribution in [3.8, 4) is 11.5 Å². The van der Waals surface area contributed by atoms with E-state index >= 15 is 4.79 Å². The molecule has 0 aliphatic carbocycles. The highest BCUT2D eigenvalue weighted by molar-refractivity contribution is 7.99. The van der Waals surface area contributed by atoms with Gasteiger partial charge in [0.25, 0.3) is 0 Å². The summed E-state index contributed by atoms with van der Waals surface area (Å²) in [6.45, 7) is 7.87. The van der Waals surface area contributed by atoms with E-state index < -0.39 is 329 Å². The van der Waals surface area contributed by atoms with Crippen LogP contribution in [0, 0.1) is 35.5 Å². The molecule has 49 heteroatoms. The first-order valence-electron chi connectivity index (χ1n) is 43.9. The molecule has 736 valence electrons. The molecular formula is C86H116N18O29S2. The first-order chi connectivity index (χ1) is 63.8. The lowest BCUT2D eigenvalue weighted by Gasteiger charge is -2.33. The Hall–Kier alpha value is -12.9. The fraction of sp³-hybridized carbons (Fsp3) is 0.570. The molecule has 6 aliphatic rings. The van der Waals surface area contributed by atoms with Crippen LogP contribution in [-0.2, 0) is 123 Å². The van der Waals surface area contributed by atoms with Gasteiger partial charge in [-0.3, -0.25) is 101 Å². The van der Waals surface area contributed by atoms with Crippen molar-refractivity contribution >= 4 is 169 Å². The fourth-order valence-electron chi connectivity index (χ4n) is 16.4. The Bertz CT molecular complexity index is 5220. The highest BCUT2D eigenvalue weighted by atomic mass is 32.2. The molecule has 135 heavy (non-hydrogen) atoms. The Balaban J connectivity index is 0.000000306. The summed E-state index contributed by atoms with van der Waals surface area (Å²) in [5.41, 5.74) is 12.6. The van der Waals surface area contributed by atoms with Crippen molar-refractivity contribution in [3.05, 3.63) is 47.5 Å². The number of Topliss-reactive ketones (excluding diaryl/α,β-unsaturated/α-hetero) is 2. The summed E-state index contributed by atoms with van der Waals surface area (Å²) in [6.07, 6.45) is -9.14. The molecule has 10 unspecified atom stereocenters. The number of hydrogen-bond donors (Lipinski definition) is 21. The number of carbonyl (C=O) groups is 21. The number of aromatic amines is 2. The summed E-state index contributed by atoms with van der Waals surface area (Å²) in [5.74, 6) is -25.6. The first-order valence-corrected chi connectivity index (χ1v) is 45.8. The lowest BCUT2D eigenvalue weighted by Crippen LogP contribution is -2.60. The average molecular weight is 1930 g/mol. The Morgan fingerprint density at radius 1 is 0.489 bits per heavy atom. The van der Waals surface area contributed by atoms with Gasteiger partial charge in [-0.1, -0.05) is 54.4 Å². The van der Waals surface area contributed by atoms with Crippen LogP contribution in [0.2, 0.25) is 0 Å². The van der Waals surface area contributed by atoms with Gasteiger partial charge in [0.15, 0.2) is 11.6 Å². The molecule has 2 saturated heterocycles. The largest absolute Gasteiger partial charge is 0.508 e. The molecule has 23 N–H and O–H groups in total. The topological polar surface area (TPSA) is 722 Å². The number of ketones is 2. The van der Waals surface area contributed by atoms with Gasteiger partial charge in [0.1, 0.15) is 72.5 Å². The zero-order valence-corrected chi connectivity index (χ0v) is 77.2. The number of rotatable bonds is 17. The molecule has 0 spiro atoms. The van der Waals surface area contributed by atoms with Gasteiger partial charge in [-0.15, -0.1) is 23.5 Å². The van der Waals surface area contributed by atoms with Crippen molar-refractivity contribution < 1.29 is 140 Å². The quantitative estimate of drug-likeness (QED) is 0.0345. The number of aliphatic hydroxyl groups excluding tert-OH is 4. The van der Waals surface area contributed by atoms with Gasteiger partial charge < -0.3 is 135 Å². The number of hydrogen-bond acceptors (Lipinski definition) is 31. The number of aromatic nitrogens is 2. The van der Waals surface area contributed by atoms with Crippen LogP contribution in [0.4, 0.5) is 0 Å². The van der Waals surface area contributed by atoms with Gasteiger partial charge in [-0.25, -0.2) is 0 Å². The number of fused-ring (bicyclic) bond motifs is 10. The van der Waals surface area contributed by atoms with Gasteiger partial charge in [-0.2, -0.15) is 0 Å². The Labute approximate surface area is 781 Å². The molecular weight excluding hydrogens is 1810 g/mol. The number of phenolic OH excluding ortho intramolecular Hbond substituents is 1.